The van der Waals surface area contributed by atoms with E-state index in [2.05, 4.69) is 0 Å². The summed E-state index contributed by atoms with van der Waals surface area (Å²) in [5, 5.41) is 0. The van der Waals surface area contributed by atoms with Crippen LogP contribution in [-0.2, 0) is 16.6 Å². The van der Waals surface area contributed by atoms with Crippen LogP contribution in [0.4, 0.5) is 0 Å². The van der Waals surface area contributed by atoms with Gasteiger partial charge in [-0.2, -0.15) is 4.31 Å². The van der Waals surface area contributed by atoms with Crippen LogP contribution in [0.3, 0.4) is 0 Å². The molecule has 1 saturated heterocycles. The number of sulfonamides is 1. The zero-order valence-corrected chi connectivity index (χ0v) is 17.7. The maximum absolute atomic E-state index is 13.6. The van der Waals surface area contributed by atoms with Crippen molar-refractivity contribution in [3.63, 3.8) is 0 Å². The topological polar surface area (TPSA) is 74.8 Å². The summed E-state index contributed by atoms with van der Waals surface area (Å²) in [7, 11) is -2.74. The normalized spacial score (nSPS) is 17.5. The molecule has 4 rings (SSSR count). The Bertz CT molecular complexity index is 1120. The molecule has 2 aromatic rings. The predicted octanol–water partition coefficient (Wildman–Crippen LogP) is 3.22. The number of carbonyl (C=O) groups is 2. The summed E-state index contributed by atoms with van der Waals surface area (Å²) in [5.41, 5.74) is 1.25. The van der Waals surface area contributed by atoms with Crippen LogP contribution in [-0.4, -0.2) is 49.3 Å². The lowest BCUT2D eigenvalue weighted by atomic mass is 9.91. The van der Waals surface area contributed by atoms with Gasteiger partial charge in [0.25, 0.3) is 0 Å². The summed E-state index contributed by atoms with van der Waals surface area (Å²) in [6, 6.07) is 15.6. The van der Waals surface area contributed by atoms with Crippen molar-refractivity contribution in [2.24, 2.45) is 0 Å². The number of fused-ring (bicyclic) bond motifs is 1. The number of nitrogens with zero attached hydrogens (tertiary/aromatic N) is 2. The van der Waals surface area contributed by atoms with E-state index in [1.54, 1.807) is 23.1 Å². The Morgan fingerprint density at radius 1 is 0.833 bits per heavy atom. The molecule has 1 aliphatic heterocycles. The molecule has 0 aromatic heterocycles. The molecule has 1 aliphatic carbocycles. The zero-order valence-electron chi connectivity index (χ0n) is 16.9. The van der Waals surface area contributed by atoms with E-state index in [0.29, 0.717) is 13.1 Å². The first-order valence-corrected chi connectivity index (χ1v) is 11.5. The Hall–Kier alpha value is -2.77. The molecule has 0 atom stereocenters. The van der Waals surface area contributed by atoms with Gasteiger partial charge in [-0.25, -0.2) is 8.42 Å². The standard InChI is InChI=1S/C23H24N2O4S/c1-24(16-17-10-4-2-5-11-17)30(28,29)23-20(25-14-8-3-9-15-25)21(26)18-12-6-7-13-19(18)22(23)27/h2,4-7,10-13H,3,8-9,14-16H2,1H3. The zero-order chi connectivity index (χ0) is 21.3. The van der Waals surface area contributed by atoms with Crippen LogP contribution < -0.4 is 0 Å². The maximum Gasteiger partial charge on any atom is 0.249 e. The molecule has 156 valence electrons. The fourth-order valence-corrected chi connectivity index (χ4v) is 5.51. The number of piperidine rings is 1. The molecular formula is C23H24N2O4S. The summed E-state index contributed by atoms with van der Waals surface area (Å²) >= 11 is 0. The third kappa shape index (κ3) is 3.59. The van der Waals surface area contributed by atoms with Crippen molar-refractivity contribution in [2.75, 3.05) is 20.1 Å². The Labute approximate surface area is 176 Å². The average Bonchev–Trinajstić information content (AvgIpc) is 2.77. The SMILES string of the molecule is CN(Cc1ccccc1)S(=O)(=O)C1=C(N2CCCCC2)C(=O)c2ccccc2C1=O. The molecular weight excluding hydrogens is 400 g/mol. The molecule has 0 N–H and O–H groups in total. The van der Waals surface area contributed by atoms with E-state index in [0.717, 1.165) is 29.1 Å². The van der Waals surface area contributed by atoms with E-state index in [9.17, 15) is 18.0 Å². The van der Waals surface area contributed by atoms with E-state index in [4.69, 9.17) is 0 Å². The number of hydrogen-bond acceptors (Lipinski definition) is 5. The van der Waals surface area contributed by atoms with Gasteiger partial charge in [0.1, 0.15) is 5.70 Å². The number of ketones is 2. The fourth-order valence-electron chi connectivity index (χ4n) is 4.07. The molecule has 1 fully saturated rings. The van der Waals surface area contributed by atoms with Crippen molar-refractivity contribution in [1.82, 2.24) is 9.21 Å². The van der Waals surface area contributed by atoms with Gasteiger partial charge in [-0.05, 0) is 24.8 Å². The Morgan fingerprint density at radius 2 is 1.40 bits per heavy atom. The van der Waals surface area contributed by atoms with Gasteiger partial charge in [0.05, 0.1) is 0 Å². The quantitative estimate of drug-likeness (QED) is 0.737. The minimum absolute atomic E-state index is 0.0262. The van der Waals surface area contributed by atoms with Gasteiger partial charge in [-0.1, -0.05) is 54.6 Å². The number of Topliss-reactive ketones (excluding diaryl/α,β-unsaturated/α-hetero) is 2. The lowest BCUT2D eigenvalue weighted by molar-refractivity contribution is 0.0939. The van der Waals surface area contributed by atoms with Gasteiger partial charge in [-0.3, -0.25) is 9.59 Å². The molecule has 0 spiro atoms. The number of rotatable bonds is 5. The monoisotopic (exact) mass is 424 g/mol. The van der Waals surface area contributed by atoms with Crippen LogP contribution in [0.15, 0.2) is 65.2 Å². The fraction of sp³-hybridized carbons (Fsp3) is 0.304. The molecule has 1 heterocycles. The molecule has 0 unspecified atom stereocenters. The second kappa shape index (κ2) is 8.16. The molecule has 0 bridgehead atoms. The summed E-state index contributed by atoms with van der Waals surface area (Å²) in [6.45, 7) is 1.25. The minimum Gasteiger partial charge on any atom is -0.367 e. The first kappa shape index (κ1) is 20.5. The Kier molecular flexibility index (Phi) is 5.58. The molecule has 6 nitrogen and oxygen atoms in total. The van der Waals surface area contributed by atoms with Crippen LogP contribution in [0.5, 0.6) is 0 Å². The van der Waals surface area contributed by atoms with Gasteiger partial charge in [0, 0.05) is 37.8 Å². The molecule has 2 aromatic carbocycles. The number of likely N-dealkylation sites (tertiary alicyclic amines) is 1. The third-order valence-corrected chi connectivity index (χ3v) is 7.49. The second-order valence-corrected chi connectivity index (χ2v) is 9.66. The molecule has 0 radical (unpaired) electrons. The molecule has 7 heteroatoms. The number of hydrogen-bond donors (Lipinski definition) is 0. The highest BCUT2D eigenvalue weighted by molar-refractivity contribution is 7.94. The molecule has 2 aliphatic rings. The van der Waals surface area contributed by atoms with Crippen molar-refractivity contribution in [3.05, 3.63) is 81.9 Å². The number of benzene rings is 2. The highest BCUT2D eigenvalue weighted by atomic mass is 32.2. The van der Waals surface area contributed by atoms with Gasteiger partial charge in [0.15, 0.2) is 4.91 Å². The lowest BCUT2D eigenvalue weighted by Gasteiger charge is -2.34. The van der Waals surface area contributed by atoms with Gasteiger partial charge >= 0.3 is 0 Å². The van der Waals surface area contributed by atoms with Crippen molar-refractivity contribution in [1.29, 1.82) is 0 Å². The number of carbonyl (C=O) groups excluding carboxylic acids is 2. The van der Waals surface area contributed by atoms with E-state index < -0.39 is 26.5 Å². The highest BCUT2D eigenvalue weighted by Crippen LogP contribution is 2.34. The Balaban J connectivity index is 1.83. The van der Waals surface area contributed by atoms with E-state index >= 15 is 0 Å². The second-order valence-electron chi connectivity index (χ2n) is 7.68. The number of allylic oxidation sites excluding steroid dienone is 2. The maximum atomic E-state index is 13.6. The van der Waals surface area contributed by atoms with E-state index in [1.165, 1.54) is 13.1 Å². The largest absolute Gasteiger partial charge is 0.367 e. The summed E-state index contributed by atoms with van der Waals surface area (Å²) < 4.78 is 28.3. The summed E-state index contributed by atoms with van der Waals surface area (Å²) in [6.07, 6.45) is 2.75. The molecule has 0 amide bonds. The van der Waals surface area contributed by atoms with Crippen LogP contribution >= 0.6 is 0 Å². The first-order chi connectivity index (χ1) is 14.4. The smallest absolute Gasteiger partial charge is 0.249 e. The van der Waals surface area contributed by atoms with Crippen molar-refractivity contribution in [3.8, 4) is 0 Å². The molecule has 0 saturated carbocycles. The summed E-state index contributed by atoms with van der Waals surface area (Å²) in [5.74, 6) is -0.996. The molecule has 30 heavy (non-hydrogen) atoms. The van der Waals surface area contributed by atoms with Gasteiger partial charge < -0.3 is 4.90 Å². The lowest BCUT2D eigenvalue weighted by Crippen LogP contribution is -2.41. The van der Waals surface area contributed by atoms with Crippen LogP contribution in [0.25, 0.3) is 0 Å². The van der Waals surface area contributed by atoms with E-state index in [1.807, 2.05) is 30.3 Å². The van der Waals surface area contributed by atoms with Crippen LogP contribution in [0, 0.1) is 0 Å². The van der Waals surface area contributed by atoms with Crippen molar-refractivity contribution in [2.45, 2.75) is 25.8 Å². The minimum atomic E-state index is -4.18. The van der Waals surface area contributed by atoms with E-state index in [-0.39, 0.29) is 23.4 Å². The van der Waals surface area contributed by atoms with Gasteiger partial charge in [0.2, 0.25) is 21.6 Å². The third-order valence-electron chi connectivity index (χ3n) is 5.64. The van der Waals surface area contributed by atoms with Crippen molar-refractivity contribution >= 4 is 21.6 Å². The average molecular weight is 425 g/mol. The highest BCUT2D eigenvalue weighted by Gasteiger charge is 2.43. The summed E-state index contributed by atoms with van der Waals surface area (Å²) in [4.78, 5) is 28.1. The predicted molar refractivity (Wildman–Crippen MR) is 114 cm³/mol. The van der Waals surface area contributed by atoms with Crippen LogP contribution in [0.1, 0.15) is 45.5 Å². The van der Waals surface area contributed by atoms with Crippen LogP contribution in [0.2, 0.25) is 0 Å². The van der Waals surface area contributed by atoms with Crippen molar-refractivity contribution < 1.29 is 18.0 Å². The Morgan fingerprint density at radius 3 is 2.03 bits per heavy atom. The first-order valence-electron chi connectivity index (χ1n) is 10.1. The van der Waals surface area contributed by atoms with Gasteiger partial charge in [-0.15, -0.1) is 0 Å².